The summed E-state index contributed by atoms with van der Waals surface area (Å²) in [5.74, 6) is -1.95. The Labute approximate surface area is 197 Å². The van der Waals surface area contributed by atoms with Crippen molar-refractivity contribution in [2.45, 2.75) is 12.6 Å². The topological polar surface area (TPSA) is 87.1 Å². The smallest absolute Gasteiger partial charge is 0.295 e. The molecule has 1 atom stereocenters. The van der Waals surface area contributed by atoms with Gasteiger partial charge in [0.1, 0.15) is 23.1 Å². The van der Waals surface area contributed by atoms with Gasteiger partial charge in [0.2, 0.25) is 0 Å². The second-order valence-electron chi connectivity index (χ2n) is 7.50. The number of methoxy groups -OCH3 is 1. The van der Waals surface area contributed by atoms with Gasteiger partial charge in [-0.2, -0.15) is 0 Å². The minimum Gasteiger partial charge on any atom is -0.508 e. The second kappa shape index (κ2) is 9.07. The number of carbonyl (C=O) groups excluding carboxylic acids is 2. The molecule has 3 aromatic rings. The Kier molecular flexibility index (Phi) is 6.20. The molecule has 0 aromatic heterocycles. The van der Waals surface area contributed by atoms with Crippen LogP contribution in [0.3, 0.4) is 0 Å². The number of aliphatic hydroxyl groups excluding tert-OH is 1. The number of phenols is 1. The SMILES string of the molecule is COc1ccc(/C(O)=C2/C(=O)C(=O)N(Cc3ccc(F)cc3)C2c2cccc(O)c2)cc1Br. The zero-order valence-electron chi connectivity index (χ0n) is 17.5. The highest BCUT2D eigenvalue weighted by Crippen LogP contribution is 2.41. The van der Waals surface area contributed by atoms with Crippen molar-refractivity contribution in [3.8, 4) is 11.5 Å². The monoisotopic (exact) mass is 511 g/mol. The fourth-order valence-corrected chi connectivity index (χ4v) is 4.38. The van der Waals surface area contributed by atoms with Gasteiger partial charge in [-0.15, -0.1) is 0 Å². The minimum atomic E-state index is -0.956. The lowest BCUT2D eigenvalue weighted by molar-refractivity contribution is -0.140. The third kappa shape index (κ3) is 4.34. The highest BCUT2D eigenvalue weighted by molar-refractivity contribution is 9.10. The molecule has 1 saturated heterocycles. The number of likely N-dealkylation sites (tertiary alicyclic amines) is 1. The number of hydrogen-bond donors (Lipinski definition) is 2. The number of rotatable bonds is 5. The first-order chi connectivity index (χ1) is 15.8. The van der Waals surface area contributed by atoms with Gasteiger partial charge in [-0.25, -0.2) is 4.39 Å². The molecule has 3 aromatic carbocycles. The maximum Gasteiger partial charge on any atom is 0.295 e. The van der Waals surface area contributed by atoms with Crippen molar-refractivity contribution in [3.05, 3.63) is 99.3 Å². The average Bonchev–Trinajstić information content (AvgIpc) is 3.05. The number of ketones is 1. The number of nitrogens with zero attached hydrogens (tertiary/aromatic N) is 1. The zero-order chi connectivity index (χ0) is 23.7. The van der Waals surface area contributed by atoms with Crippen molar-refractivity contribution >= 4 is 33.4 Å². The molecule has 2 N–H and O–H groups in total. The Morgan fingerprint density at radius 1 is 1.09 bits per heavy atom. The predicted octanol–water partition coefficient (Wildman–Crippen LogP) is 4.92. The predicted molar refractivity (Wildman–Crippen MR) is 123 cm³/mol. The molecule has 6 nitrogen and oxygen atoms in total. The highest BCUT2D eigenvalue weighted by Gasteiger charge is 2.46. The van der Waals surface area contributed by atoms with Gasteiger partial charge in [0.15, 0.2) is 0 Å². The van der Waals surface area contributed by atoms with Crippen molar-refractivity contribution < 1.29 is 28.9 Å². The first-order valence-corrected chi connectivity index (χ1v) is 10.7. The van der Waals surface area contributed by atoms with E-state index >= 15 is 0 Å². The lowest BCUT2D eigenvalue weighted by atomic mass is 9.95. The van der Waals surface area contributed by atoms with E-state index in [2.05, 4.69) is 15.9 Å². The van der Waals surface area contributed by atoms with Crippen LogP contribution < -0.4 is 4.74 Å². The number of benzene rings is 3. The summed E-state index contributed by atoms with van der Waals surface area (Å²) < 4.78 is 19.1. The molecule has 168 valence electrons. The molecule has 8 heteroatoms. The first-order valence-electron chi connectivity index (χ1n) is 9.96. The van der Waals surface area contributed by atoms with Gasteiger partial charge in [0.05, 0.1) is 23.2 Å². The number of halogens is 2. The van der Waals surface area contributed by atoms with Gasteiger partial charge in [-0.3, -0.25) is 9.59 Å². The number of carbonyl (C=O) groups is 2. The van der Waals surface area contributed by atoms with E-state index in [1.54, 1.807) is 30.3 Å². The van der Waals surface area contributed by atoms with Crippen LogP contribution in [0, 0.1) is 5.82 Å². The third-order valence-electron chi connectivity index (χ3n) is 5.42. The normalized spacial score (nSPS) is 17.4. The van der Waals surface area contributed by atoms with Crippen LogP contribution in [-0.2, 0) is 16.1 Å². The summed E-state index contributed by atoms with van der Waals surface area (Å²) in [6.07, 6.45) is 0. The molecule has 4 rings (SSSR count). The van der Waals surface area contributed by atoms with Gasteiger partial charge in [-0.1, -0.05) is 24.3 Å². The number of Topliss-reactive ketones (excluding diaryl/α,β-unsaturated/α-hetero) is 1. The Balaban J connectivity index is 1.86. The largest absolute Gasteiger partial charge is 0.508 e. The van der Waals surface area contributed by atoms with E-state index in [1.165, 1.54) is 48.4 Å². The molecule has 0 spiro atoms. The first kappa shape index (κ1) is 22.5. The van der Waals surface area contributed by atoms with Crippen LogP contribution in [0.5, 0.6) is 11.5 Å². The number of aromatic hydroxyl groups is 1. The summed E-state index contributed by atoms with van der Waals surface area (Å²) in [5.41, 5.74) is 1.26. The number of amides is 1. The van der Waals surface area contributed by atoms with Crippen molar-refractivity contribution in [3.63, 3.8) is 0 Å². The van der Waals surface area contributed by atoms with Gasteiger partial charge in [-0.05, 0) is 69.5 Å². The second-order valence-corrected chi connectivity index (χ2v) is 8.35. The fraction of sp³-hybridized carbons (Fsp3) is 0.120. The molecular formula is C25H19BrFNO5. The van der Waals surface area contributed by atoms with E-state index in [0.29, 0.717) is 26.9 Å². The number of aliphatic hydroxyl groups is 1. The Morgan fingerprint density at radius 2 is 1.82 bits per heavy atom. The van der Waals surface area contributed by atoms with Crippen molar-refractivity contribution in [1.82, 2.24) is 4.90 Å². The molecule has 1 aliphatic rings. The molecule has 1 heterocycles. The fourth-order valence-electron chi connectivity index (χ4n) is 3.84. The summed E-state index contributed by atoms with van der Waals surface area (Å²) in [6, 6.07) is 15.6. The maximum atomic E-state index is 13.4. The molecule has 1 unspecified atom stereocenters. The Morgan fingerprint density at radius 3 is 2.45 bits per heavy atom. The van der Waals surface area contributed by atoms with Crippen LogP contribution in [0.2, 0.25) is 0 Å². The van der Waals surface area contributed by atoms with Crippen LogP contribution in [0.4, 0.5) is 4.39 Å². The summed E-state index contributed by atoms with van der Waals surface area (Å²) in [5, 5.41) is 21.1. The molecular weight excluding hydrogens is 493 g/mol. The van der Waals surface area contributed by atoms with E-state index in [-0.39, 0.29) is 23.6 Å². The van der Waals surface area contributed by atoms with Crippen LogP contribution >= 0.6 is 15.9 Å². The quantitative estimate of drug-likeness (QED) is 0.288. The lowest BCUT2D eigenvalue weighted by Crippen LogP contribution is -2.29. The average molecular weight is 512 g/mol. The van der Waals surface area contributed by atoms with Crippen LogP contribution in [-0.4, -0.2) is 33.9 Å². The van der Waals surface area contributed by atoms with Crippen molar-refractivity contribution in [1.29, 1.82) is 0 Å². The summed E-state index contributed by atoms with van der Waals surface area (Å²) in [7, 11) is 1.50. The molecule has 0 saturated carbocycles. The minimum absolute atomic E-state index is 0.00820. The van der Waals surface area contributed by atoms with Gasteiger partial charge in [0, 0.05) is 12.1 Å². The third-order valence-corrected chi connectivity index (χ3v) is 6.04. The zero-order valence-corrected chi connectivity index (χ0v) is 19.0. The van der Waals surface area contributed by atoms with E-state index in [1.807, 2.05) is 0 Å². The van der Waals surface area contributed by atoms with E-state index in [0.717, 1.165) is 0 Å². The number of ether oxygens (including phenoxy) is 1. The van der Waals surface area contributed by atoms with Crippen LogP contribution in [0.15, 0.2) is 76.8 Å². The van der Waals surface area contributed by atoms with E-state index < -0.39 is 23.5 Å². The van der Waals surface area contributed by atoms with Crippen molar-refractivity contribution in [2.75, 3.05) is 7.11 Å². The van der Waals surface area contributed by atoms with E-state index in [9.17, 15) is 24.2 Å². The highest BCUT2D eigenvalue weighted by atomic mass is 79.9. The van der Waals surface area contributed by atoms with E-state index in [4.69, 9.17) is 4.74 Å². The summed E-state index contributed by atoms with van der Waals surface area (Å²) >= 11 is 3.36. The standard InChI is InChI=1S/C25H19BrFNO5/c1-33-20-10-7-16(12-19(20)26)23(30)21-22(15-3-2-4-18(29)11-15)28(25(32)24(21)31)13-14-5-8-17(27)9-6-14/h2-12,22,29-30H,13H2,1H3/b23-21-. The molecule has 0 radical (unpaired) electrons. The molecule has 0 bridgehead atoms. The van der Waals surface area contributed by atoms with Gasteiger partial charge in [0.25, 0.3) is 11.7 Å². The summed E-state index contributed by atoms with van der Waals surface area (Å²) in [4.78, 5) is 27.4. The molecule has 1 aliphatic heterocycles. The molecule has 1 fully saturated rings. The van der Waals surface area contributed by atoms with Gasteiger partial charge < -0.3 is 19.8 Å². The Hall–Kier alpha value is -3.65. The lowest BCUT2D eigenvalue weighted by Gasteiger charge is -2.25. The maximum absolute atomic E-state index is 13.4. The molecule has 0 aliphatic carbocycles. The van der Waals surface area contributed by atoms with Crippen LogP contribution in [0.1, 0.15) is 22.7 Å². The van der Waals surface area contributed by atoms with Gasteiger partial charge >= 0.3 is 0 Å². The number of hydrogen-bond acceptors (Lipinski definition) is 5. The molecule has 1 amide bonds. The van der Waals surface area contributed by atoms with Crippen molar-refractivity contribution in [2.24, 2.45) is 0 Å². The number of phenolic OH excluding ortho intramolecular Hbond substituents is 1. The van der Waals surface area contributed by atoms with Crippen LogP contribution in [0.25, 0.3) is 5.76 Å². The Bertz CT molecular complexity index is 1270. The molecule has 33 heavy (non-hydrogen) atoms. The summed E-state index contributed by atoms with van der Waals surface area (Å²) in [6.45, 7) is 0.00820.